The highest BCUT2D eigenvalue weighted by atomic mass is 16.3. The number of hydrazine groups is 1. The summed E-state index contributed by atoms with van der Waals surface area (Å²) in [7, 11) is 0. The maximum absolute atomic E-state index is 10.9. The van der Waals surface area contributed by atoms with E-state index in [0.29, 0.717) is 12.5 Å². The summed E-state index contributed by atoms with van der Waals surface area (Å²) in [4.78, 5) is 13.2. The van der Waals surface area contributed by atoms with Crippen LogP contribution >= 0.6 is 0 Å². The second-order valence-corrected chi connectivity index (χ2v) is 4.25. The molecule has 0 radical (unpaired) electrons. The molecule has 0 fully saturated rings. The van der Waals surface area contributed by atoms with Gasteiger partial charge < -0.3 is 5.11 Å². The number of unbranched alkanes of at least 4 members (excludes halogenated alkanes) is 1. The molecule has 0 aliphatic heterocycles. The van der Waals surface area contributed by atoms with E-state index in [-0.39, 0.29) is 12.5 Å². The number of hydrogen-bond donors (Lipinski definition) is 3. The molecule has 4 N–H and O–H groups in total. The zero-order chi connectivity index (χ0) is 13.1. The third kappa shape index (κ3) is 7.31. The van der Waals surface area contributed by atoms with E-state index in [1.165, 1.54) is 0 Å². The van der Waals surface area contributed by atoms with Gasteiger partial charge >= 0.3 is 0 Å². The van der Waals surface area contributed by atoms with Gasteiger partial charge in [0.1, 0.15) is 0 Å². The summed E-state index contributed by atoms with van der Waals surface area (Å²) in [5.41, 5.74) is 2.13. The molecule has 0 atom stereocenters. The molecule has 0 saturated heterocycles. The highest BCUT2D eigenvalue weighted by molar-refractivity contribution is 5.75. The van der Waals surface area contributed by atoms with E-state index in [0.717, 1.165) is 38.8 Å². The van der Waals surface area contributed by atoms with Crippen LogP contribution in [0.1, 0.15) is 46.0 Å². The van der Waals surface area contributed by atoms with Crippen molar-refractivity contribution in [1.82, 2.24) is 10.3 Å². The fraction of sp³-hybridized carbons (Fsp3) is 0.917. The van der Waals surface area contributed by atoms with Crippen LogP contribution in [0.4, 0.5) is 0 Å². The van der Waals surface area contributed by atoms with Crippen molar-refractivity contribution in [2.75, 3.05) is 19.7 Å². The first-order valence-electron chi connectivity index (χ1n) is 6.53. The molecule has 0 spiro atoms. The maximum atomic E-state index is 10.9. The Hall–Kier alpha value is -0.650. The number of carbonyl (C=O) groups is 1. The Morgan fingerprint density at radius 1 is 1.29 bits per heavy atom. The third-order valence-corrected chi connectivity index (χ3v) is 3.11. The molecular weight excluding hydrogens is 218 g/mol. The average molecular weight is 245 g/mol. The second kappa shape index (κ2) is 10.5. The lowest BCUT2D eigenvalue weighted by molar-refractivity contribution is -0.121. The molecule has 17 heavy (non-hydrogen) atoms. The Kier molecular flexibility index (Phi) is 10.1. The maximum Gasteiger partial charge on any atom is 0.233 e. The highest BCUT2D eigenvalue weighted by Gasteiger charge is 2.13. The number of amides is 1. The van der Waals surface area contributed by atoms with Crippen molar-refractivity contribution in [3.8, 4) is 0 Å². The smallest absolute Gasteiger partial charge is 0.233 e. The van der Waals surface area contributed by atoms with Crippen LogP contribution in [0.2, 0.25) is 0 Å². The summed E-state index contributed by atoms with van der Waals surface area (Å²) >= 11 is 0. The number of rotatable bonds is 10. The number of aliphatic hydroxyl groups excluding tert-OH is 1. The molecule has 0 aliphatic carbocycles. The van der Waals surface area contributed by atoms with Crippen LogP contribution < -0.4 is 11.3 Å². The number of nitrogens with two attached hydrogens (primary N) is 1. The summed E-state index contributed by atoms with van der Waals surface area (Å²) < 4.78 is 0. The minimum atomic E-state index is -0.110. The fourth-order valence-corrected chi connectivity index (χ4v) is 2.08. The summed E-state index contributed by atoms with van der Waals surface area (Å²) in [6, 6.07) is 0.533. The van der Waals surface area contributed by atoms with Crippen molar-refractivity contribution in [3.05, 3.63) is 0 Å². The van der Waals surface area contributed by atoms with Gasteiger partial charge in [0.05, 0.1) is 6.61 Å². The first kappa shape index (κ1) is 16.4. The fourth-order valence-electron chi connectivity index (χ4n) is 2.08. The van der Waals surface area contributed by atoms with Crippen molar-refractivity contribution in [1.29, 1.82) is 0 Å². The number of carbonyl (C=O) groups excluding carboxylic acids is 1. The molecule has 0 aromatic rings. The highest BCUT2D eigenvalue weighted by Crippen LogP contribution is 2.10. The lowest BCUT2D eigenvalue weighted by Crippen LogP contribution is -2.37. The monoisotopic (exact) mass is 245 g/mol. The van der Waals surface area contributed by atoms with Crippen molar-refractivity contribution in [3.63, 3.8) is 0 Å². The van der Waals surface area contributed by atoms with Crippen LogP contribution in [0.5, 0.6) is 0 Å². The summed E-state index contributed by atoms with van der Waals surface area (Å²) in [5.74, 6) is 4.90. The molecule has 0 bridgehead atoms. The lowest BCUT2D eigenvalue weighted by atomic mass is 10.1. The standard InChI is InChI=1S/C12H27N3O2/c1-3-11(4-2)15(9-10-16)8-6-5-7-12(17)14-13/h11,16H,3-10,13H2,1-2H3,(H,14,17). The van der Waals surface area contributed by atoms with E-state index in [1.54, 1.807) is 0 Å². The Morgan fingerprint density at radius 2 is 1.94 bits per heavy atom. The van der Waals surface area contributed by atoms with Gasteiger partial charge in [-0.15, -0.1) is 0 Å². The summed E-state index contributed by atoms with van der Waals surface area (Å²) in [5, 5.41) is 9.04. The van der Waals surface area contributed by atoms with Crippen LogP contribution in [0.25, 0.3) is 0 Å². The third-order valence-electron chi connectivity index (χ3n) is 3.11. The van der Waals surface area contributed by atoms with Gasteiger partial charge in [0.15, 0.2) is 0 Å². The first-order valence-corrected chi connectivity index (χ1v) is 6.53. The van der Waals surface area contributed by atoms with Gasteiger partial charge in [-0.3, -0.25) is 15.1 Å². The normalized spacial score (nSPS) is 11.2. The predicted octanol–water partition coefficient (Wildman–Crippen LogP) is 0.630. The van der Waals surface area contributed by atoms with Crippen molar-refractivity contribution >= 4 is 5.91 Å². The number of nitrogens with one attached hydrogen (secondary N) is 1. The van der Waals surface area contributed by atoms with Gasteiger partial charge in [-0.05, 0) is 32.2 Å². The molecule has 1 amide bonds. The van der Waals surface area contributed by atoms with Crippen molar-refractivity contribution in [2.45, 2.75) is 52.0 Å². The Labute approximate surface area is 104 Å². The summed E-state index contributed by atoms with van der Waals surface area (Å²) in [6.45, 7) is 6.18. The van der Waals surface area contributed by atoms with Gasteiger partial charge in [-0.1, -0.05) is 13.8 Å². The second-order valence-electron chi connectivity index (χ2n) is 4.25. The quantitative estimate of drug-likeness (QED) is 0.228. The van der Waals surface area contributed by atoms with Gasteiger partial charge in [-0.2, -0.15) is 0 Å². The van der Waals surface area contributed by atoms with Crippen LogP contribution in [0.3, 0.4) is 0 Å². The van der Waals surface area contributed by atoms with Crippen molar-refractivity contribution < 1.29 is 9.90 Å². The Morgan fingerprint density at radius 3 is 2.41 bits per heavy atom. The van der Waals surface area contributed by atoms with E-state index >= 15 is 0 Å². The minimum Gasteiger partial charge on any atom is -0.395 e. The molecule has 0 rings (SSSR count). The molecule has 0 aromatic heterocycles. The molecule has 5 heteroatoms. The van der Waals surface area contributed by atoms with Crippen LogP contribution in [-0.4, -0.2) is 41.7 Å². The van der Waals surface area contributed by atoms with Crippen LogP contribution in [-0.2, 0) is 4.79 Å². The Bertz CT molecular complexity index is 196. The zero-order valence-corrected chi connectivity index (χ0v) is 11.1. The van der Waals surface area contributed by atoms with E-state index in [4.69, 9.17) is 10.9 Å². The molecule has 0 aromatic carbocycles. The van der Waals surface area contributed by atoms with E-state index < -0.39 is 0 Å². The minimum absolute atomic E-state index is 0.110. The molecule has 0 unspecified atom stereocenters. The summed E-state index contributed by atoms with van der Waals surface area (Å²) in [6.07, 6.45) is 4.47. The number of aliphatic hydroxyl groups is 1. The van der Waals surface area contributed by atoms with E-state index in [9.17, 15) is 4.79 Å². The molecule has 102 valence electrons. The van der Waals surface area contributed by atoms with Gasteiger partial charge in [-0.25, -0.2) is 5.84 Å². The first-order chi connectivity index (χ1) is 8.19. The largest absolute Gasteiger partial charge is 0.395 e. The molecule has 0 saturated carbocycles. The van der Waals surface area contributed by atoms with E-state index in [1.807, 2.05) is 0 Å². The van der Waals surface area contributed by atoms with Gasteiger partial charge in [0.2, 0.25) is 5.91 Å². The average Bonchev–Trinajstić information content (AvgIpc) is 2.35. The van der Waals surface area contributed by atoms with E-state index in [2.05, 4.69) is 24.2 Å². The van der Waals surface area contributed by atoms with Gasteiger partial charge in [0.25, 0.3) is 0 Å². The zero-order valence-electron chi connectivity index (χ0n) is 11.1. The molecule has 5 nitrogen and oxygen atoms in total. The molecular formula is C12H27N3O2. The lowest BCUT2D eigenvalue weighted by Gasteiger charge is -2.29. The SMILES string of the molecule is CCC(CC)N(CCO)CCCCC(=O)NN. The van der Waals surface area contributed by atoms with Crippen molar-refractivity contribution in [2.24, 2.45) is 5.84 Å². The predicted molar refractivity (Wildman–Crippen MR) is 69.2 cm³/mol. The molecule has 0 aliphatic rings. The Balaban J connectivity index is 3.87. The topological polar surface area (TPSA) is 78.6 Å². The molecule has 0 heterocycles. The number of nitrogens with zero attached hydrogens (tertiary/aromatic N) is 1. The number of hydrogen-bond acceptors (Lipinski definition) is 4. The van der Waals surface area contributed by atoms with Crippen LogP contribution in [0.15, 0.2) is 0 Å². The van der Waals surface area contributed by atoms with Gasteiger partial charge in [0, 0.05) is 19.0 Å². The van der Waals surface area contributed by atoms with Crippen LogP contribution in [0, 0.1) is 0 Å².